The van der Waals surface area contributed by atoms with Crippen molar-refractivity contribution >= 4 is 46.8 Å². The summed E-state index contributed by atoms with van der Waals surface area (Å²) < 4.78 is 5.80. The number of carbonyl (C=O) groups excluding carboxylic acids is 5. The van der Waals surface area contributed by atoms with E-state index in [4.69, 9.17) is 4.74 Å². The van der Waals surface area contributed by atoms with Gasteiger partial charge in [0.1, 0.15) is 36.0 Å². The van der Waals surface area contributed by atoms with Gasteiger partial charge in [0.2, 0.25) is 23.6 Å². The van der Waals surface area contributed by atoms with E-state index in [0.29, 0.717) is 23.3 Å². The van der Waals surface area contributed by atoms with Crippen molar-refractivity contribution in [2.75, 3.05) is 6.61 Å². The summed E-state index contributed by atoms with van der Waals surface area (Å²) in [6, 6.07) is 39.8. The van der Waals surface area contributed by atoms with E-state index in [0.717, 1.165) is 27.1 Å². The molecule has 0 spiro atoms. The average molecular weight is 906 g/mol. The van der Waals surface area contributed by atoms with Crippen LogP contribution in [0.4, 0.5) is 0 Å². The van der Waals surface area contributed by atoms with Gasteiger partial charge in [0.25, 0.3) is 5.91 Å². The Kier molecular flexibility index (Phi) is 16.1. The summed E-state index contributed by atoms with van der Waals surface area (Å²) >= 11 is 1.42. The van der Waals surface area contributed by atoms with Gasteiger partial charge in [0, 0.05) is 30.6 Å². The second-order valence-electron chi connectivity index (χ2n) is 16.1. The lowest BCUT2D eigenvalue weighted by Crippen LogP contribution is -2.60. The Morgan fingerprint density at radius 1 is 0.621 bits per heavy atom. The minimum absolute atomic E-state index is 0.00573. The standard InChI is InChI=1S/C52H51N5O8S/c58-47-33-65-40-25-20-37(21-26-40)30-44(50(61)57-46(52(63)64)31-35-13-6-2-7-14-35)55-48(59)42(27-22-34-11-4-1-5-12-34)54-49(60)43(56-51(62)45(53-47)32-41-17-10-28-66-41)29-36-18-23-39(24-19-36)38-15-8-3-9-16-38/h1-21,23-26,28,42-46H,22,27,29-33H2,(H,53,58)(H,54,60)(H,55,59)(H,56,62)(H,57,61)(H,63,64)/t42-,43+,44+,45-,46?/m1/s1. The molecular formula is C52H51N5O8S. The van der Waals surface area contributed by atoms with Crippen LogP contribution < -0.4 is 31.3 Å². The molecule has 13 nitrogen and oxygen atoms in total. The number of hydrogen-bond donors (Lipinski definition) is 6. The van der Waals surface area contributed by atoms with E-state index in [1.54, 1.807) is 54.6 Å². The van der Waals surface area contributed by atoms with Gasteiger partial charge in [-0.2, -0.15) is 0 Å². The number of amides is 5. The maximum atomic E-state index is 14.7. The van der Waals surface area contributed by atoms with Crippen LogP contribution in [0.3, 0.4) is 0 Å². The number of aliphatic carboxylic acids is 1. The third-order valence-electron chi connectivity index (χ3n) is 11.2. The second-order valence-corrected chi connectivity index (χ2v) is 17.1. The van der Waals surface area contributed by atoms with E-state index in [1.807, 2.05) is 102 Å². The zero-order valence-corrected chi connectivity index (χ0v) is 36.9. The molecule has 8 rings (SSSR count). The second kappa shape index (κ2) is 22.9. The minimum atomic E-state index is -1.32. The predicted molar refractivity (Wildman–Crippen MR) is 251 cm³/mol. The summed E-state index contributed by atoms with van der Waals surface area (Å²) in [5.74, 6) is -4.22. The van der Waals surface area contributed by atoms with Crippen molar-refractivity contribution in [3.8, 4) is 16.9 Å². The van der Waals surface area contributed by atoms with E-state index in [1.165, 1.54) is 11.3 Å². The number of nitrogens with one attached hydrogen (secondary N) is 5. The molecule has 1 aromatic heterocycles. The number of ether oxygens (including phenoxy) is 1. The number of hydrogen-bond acceptors (Lipinski definition) is 8. The van der Waals surface area contributed by atoms with Gasteiger partial charge in [0.15, 0.2) is 6.61 Å². The lowest BCUT2D eigenvalue weighted by molar-refractivity contribution is -0.142. The van der Waals surface area contributed by atoms with Gasteiger partial charge in [0.05, 0.1) is 0 Å². The van der Waals surface area contributed by atoms with Gasteiger partial charge in [-0.1, -0.05) is 133 Å². The third-order valence-corrected chi connectivity index (χ3v) is 12.1. The Morgan fingerprint density at radius 2 is 1.21 bits per heavy atom. The molecular weight excluding hydrogens is 855 g/mol. The van der Waals surface area contributed by atoms with Crippen LogP contribution in [0.2, 0.25) is 0 Å². The number of carbonyl (C=O) groups is 6. The van der Waals surface area contributed by atoms with Crippen LogP contribution in [0.5, 0.6) is 5.75 Å². The summed E-state index contributed by atoms with van der Waals surface area (Å²) in [7, 11) is 0. The summed E-state index contributed by atoms with van der Waals surface area (Å²) in [4.78, 5) is 84.5. The van der Waals surface area contributed by atoms with Crippen molar-refractivity contribution in [1.29, 1.82) is 0 Å². The highest BCUT2D eigenvalue weighted by Gasteiger charge is 2.33. The molecule has 3 heterocycles. The van der Waals surface area contributed by atoms with Crippen molar-refractivity contribution in [1.82, 2.24) is 26.6 Å². The van der Waals surface area contributed by atoms with E-state index >= 15 is 0 Å². The quantitative estimate of drug-likeness (QED) is 0.0851. The Morgan fingerprint density at radius 3 is 1.85 bits per heavy atom. The van der Waals surface area contributed by atoms with Crippen LogP contribution in [-0.4, -0.2) is 77.4 Å². The first-order chi connectivity index (χ1) is 32.1. The van der Waals surface area contributed by atoms with E-state index in [-0.39, 0.29) is 32.1 Å². The molecule has 338 valence electrons. The number of benzene rings is 5. The van der Waals surface area contributed by atoms with Crippen LogP contribution in [0, 0.1) is 0 Å². The van der Waals surface area contributed by atoms with Crippen LogP contribution in [-0.2, 0) is 60.9 Å². The first-order valence-electron chi connectivity index (χ1n) is 21.8. The molecule has 5 atom stereocenters. The van der Waals surface area contributed by atoms with Gasteiger partial charge in [-0.25, -0.2) is 4.79 Å². The van der Waals surface area contributed by atoms with Crippen LogP contribution >= 0.6 is 11.3 Å². The van der Waals surface area contributed by atoms with Gasteiger partial charge in [-0.15, -0.1) is 11.3 Å². The van der Waals surface area contributed by atoms with Crippen molar-refractivity contribution in [2.24, 2.45) is 0 Å². The van der Waals surface area contributed by atoms with Gasteiger partial charge < -0.3 is 36.4 Å². The molecule has 0 radical (unpaired) electrons. The van der Waals surface area contributed by atoms with E-state index in [2.05, 4.69) is 26.6 Å². The van der Waals surface area contributed by atoms with Crippen LogP contribution in [0.25, 0.3) is 11.1 Å². The van der Waals surface area contributed by atoms with Crippen LogP contribution in [0.1, 0.15) is 33.6 Å². The predicted octanol–water partition coefficient (Wildman–Crippen LogP) is 5.22. The molecule has 1 unspecified atom stereocenters. The van der Waals surface area contributed by atoms with Gasteiger partial charge in [-0.05, 0) is 69.8 Å². The molecule has 5 amide bonds. The molecule has 6 aromatic rings. The molecule has 0 fully saturated rings. The average Bonchev–Trinajstić information content (AvgIpc) is 3.85. The highest BCUT2D eigenvalue weighted by Crippen LogP contribution is 2.21. The van der Waals surface area contributed by atoms with Gasteiger partial charge in [-0.3, -0.25) is 24.0 Å². The molecule has 2 aliphatic heterocycles. The molecule has 0 aliphatic carbocycles. The molecule has 14 heteroatoms. The van der Waals surface area contributed by atoms with Crippen molar-refractivity contribution < 1.29 is 38.6 Å². The zero-order valence-electron chi connectivity index (χ0n) is 36.1. The largest absolute Gasteiger partial charge is 0.484 e. The lowest BCUT2D eigenvalue weighted by atomic mass is 9.99. The fourth-order valence-corrected chi connectivity index (χ4v) is 8.42. The molecule has 6 N–H and O–H groups in total. The molecule has 66 heavy (non-hydrogen) atoms. The topological polar surface area (TPSA) is 192 Å². The molecule has 0 saturated carbocycles. The fraction of sp³-hybridized carbons (Fsp3) is 0.231. The number of aryl methyl sites for hydroxylation is 1. The highest BCUT2D eigenvalue weighted by atomic mass is 32.1. The molecule has 0 saturated heterocycles. The normalized spacial score (nSPS) is 18.7. The fourth-order valence-electron chi connectivity index (χ4n) is 7.66. The zero-order chi connectivity index (χ0) is 46.3. The summed E-state index contributed by atoms with van der Waals surface area (Å²) in [6.45, 7) is -0.423. The minimum Gasteiger partial charge on any atom is -0.484 e. The Labute approximate surface area is 387 Å². The third kappa shape index (κ3) is 13.5. The monoisotopic (exact) mass is 905 g/mol. The Bertz CT molecular complexity index is 2560. The maximum Gasteiger partial charge on any atom is 0.326 e. The summed E-state index contributed by atoms with van der Waals surface area (Å²) in [5.41, 5.74) is 4.85. The first-order valence-corrected chi connectivity index (χ1v) is 22.6. The maximum absolute atomic E-state index is 14.7. The number of rotatable bonds is 13. The Balaban J connectivity index is 1.22. The van der Waals surface area contributed by atoms with Crippen molar-refractivity contribution in [2.45, 2.75) is 68.7 Å². The highest BCUT2D eigenvalue weighted by molar-refractivity contribution is 7.09. The molecule has 5 aromatic carbocycles. The van der Waals surface area contributed by atoms with E-state index < -0.39 is 72.3 Å². The van der Waals surface area contributed by atoms with E-state index in [9.17, 15) is 33.9 Å². The van der Waals surface area contributed by atoms with Crippen molar-refractivity contribution in [3.63, 3.8) is 0 Å². The number of carboxylic acid groups (broad SMARTS) is 1. The summed E-state index contributed by atoms with van der Waals surface area (Å²) in [5, 5.41) is 26.1. The Hall–Kier alpha value is -7.58. The first kappa shape index (κ1) is 46.4. The number of carboxylic acids is 1. The molecule has 2 aliphatic rings. The van der Waals surface area contributed by atoms with Crippen LogP contribution in [0.15, 0.2) is 157 Å². The summed E-state index contributed by atoms with van der Waals surface area (Å²) in [6.07, 6.45) is 0.578. The number of thiophene rings is 1. The SMILES string of the molecule is O=C1COc2ccc(cc2)C[C@@H](C(=O)NC(Cc2ccccc2)C(=O)O)NC(=O)[C@@H](CCc2ccccc2)NC(=O)[C@H](Cc2ccc(-c3ccccc3)cc2)NC(=O)[C@@H](Cc2cccs2)N1. The lowest BCUT2D eigenvalue weighted by Gasteiger charge is -2.27. The van der Waals surface area contributed by atoms with Crippen molar-refractivity contribution in [3.05, 3.63) is 184 Å². The van der Waals surface area contributed by atoms with Gasteiger partial charge >= 0.3 is 5.97 Å². The number of fused-ring (bicyclic) bond motifs is 16. The smallest absolute Gasteiger partial charge is 0.326 e. The molecule has 2 bridgehead atoms.